The van der Waals surface area contributed by atoms with Crippen molar-refractivity contribution in [3.63, 3.8) is 0 Å². The number of hydrazone groups is 1. The van der Waals surface area contributed by atoms with Crippen LogP contribution in [0.5, 0.6) is 5.75 Å². The molecule has 194 valence electrons. The number of carbonyl (C=O) groups is 2. The fourth-order valence-corrected chi connectivity index (χ4v) is 4.64. The summed E-state index contributed by atoms with van der Waals surface area (Å²) >= 11 is 0. The number of benzene rings is 3. The summed E-state index contributed by atoms with van der Waals surface area (Å²) in [5.74, 6) is -0.632. The summed E-state index contributed by atoms with van der Waals surface area (Å²) < 4.78 is 37.8. The van der Waals surface area contributed by atoms with Crippen LogP contribution in [-0.2, 0) is 24.3 Å². The second-order valence-corrected chi connectivity index (χ2v) is 10.2. The van der Waals surface area contributed by atoms with Crippen LogP contribution in [0.2, 0.25) is 0 Å². The predicted molar refractivity (Wildman–Crippen MR) is 141 cm³/mol. The van der Waals surface area contributed by atoms with Gasteiger partial charge in [-0.3, -0.25) is 9.10 Å². The molecule has 0 spiro atoms. The molecule has 0 bridgehead atoms. The molecule has 0 saturated heterocycles. The van der Waals surface area contributed by atoms with Gasteiger partial charge in [0, 0.05) is 0 Å². The normalized spacial score (nSPS) is 11.2. The van der Waals surface area contributed by atoms with Gasteiger partial charge in [0.2, 0.25) is 0 Å². The Labute approximate surface area is 216 Å². The van der Waals surface area contributed by atoms with Gasteiger partial charge in [0.25, 0.3) is 15.9 Å². The highest BCUT2D eigenvalue weighted by molar-refractivity contribution is 7.92. The molecule has 0 aliphatic heterocycles. The van der Waals surface area contributed by atoms with Crippen molar-refractivity contribution in [2.24, 2.45) is 5.10 Å². The van der Waals surface area contributed by atoms with E-state index in [1.807, 2.05) is 26.8 Å². The lowest BCUT2D eigenvalue weighted by Gasteiger charge is -2.24. The number of aryl methyl sites for hydroxylation is 3. The summed E-state index contributed by atoms with van der Waals surface area (Å²) in [6.45, 7) is 5.01. The van der Waals surface area contributed by atoms with E-state index in [0.717, 1.165) is 21.0 Å². The number of carbonyl (C=O) groups excluding carboxylic acids is 2. The average molecular weight is 524 g/mol. The van der Waals surface area contributed by atoms with Crippen LogP contribution in [0.3, 0.4) is 0 Å². The van der Waals surface area contributed by atoms with Crippen LogP contribution in [-0.4, -0.2) is 46.8 Å². The van der Waals surface area contributed by atoms with Crippen LogP contribution in [0.15, 0.2) is 76.7 Å². The molecule has 0 aromatic heterocycles. The number of sulfonamides is 1. The molecule has 1 N–H and O–H groups in total. The summed E-state index contributed by atoms with van der Waals surface area (Å²) in [4.78, 5) is 24.0. The molecule has 37 heavy (non-hydrogen) atoms. The lowest BCUT2D eigenvalue weighted by atomic mass is 10.1. The highest BCUT2D eigenvalue weighted by atomic mass is 32.2. The molecule has 0 aliphatic carbocycles. The Balaban J connectivity index is 1.74. The topological polar surface area (TPSA) is 114 Å². The number of methoxy groups -OCH3 is 1. The number of nitrogens with one attached hydrogen (secondary N) is 1. The highest BCUT2D eigenvalue weighted by Gasteiger charge is 2.27. The van der Waals surface area contributed by atoms with E-state index in [1.165, 1.54) is 25.5 Å². The first kappa shape index (κ1) is 27.4. The van der Waals surface area contributed by atoms with Gasteiger partial charge >= 0.3 is 5.97 Å². The van der Waals surface area contributed by atoms with Crippen LogP contribution in [0.1, 0.15) is 22.3 Å². The monoisotopic (exact) mass is 523 g/mol. The summed E-state index contributed by atoms with van der Waals surface area (Å²) in [5, 5.41) is 3.94. The van der Waals surface area contributed by atoms with Crippen molar-refractivity contribution in [1.82, 2.24) is 5.43 Å². The zero-order chi connectivity index (χ0) is 27.0. The number of amides is 1. The minimum absolute atomic E-state index is 0.0853. The van der Waals surface area contributed by atoms with E-state index in [4.69, 9.17) is 4.74 Å². The number of hydrogen-bond acceptors (Lipinski definition) is 7. The first-order valence-corrected chi connectivity index (χ1v) is 12.8. The third-order valence-corrected chi connectivity index (χ3v) is 7.33. The van der Waals surface area contributed by atoms with Crippen molar-refractivity contribution < 1.29 is 27.5 Å². The lowest BCUT2D eigenvalue weighted by molar-refractivity contribution is -0.142. The molecule has 0 unspecified atom stereocenters. The smallest absolute Gasteiger partial charge is 0.343 e. The van der Waals surface area contributed by atoms with Crippen molar-refractivity contribution in [2.45, 2.75) is 25.7 Å². The summed E-state index contributed by atoms with van der Waals surface area (Å²) in [6.07, 6.45) is 1.41. The van der Waals surface area contributed by atoms with Crippen LogP contribution in [0.25, 0.3) is 0 Å². The van der Waals surface area contributed by atoms with E-state index in [9.17, 15) is 18.0 Å². The van der Waals surface area contributed by atoms with E-state index < -0.39 is 28.4 Å². The first-order valence-electron chi connectivity index (χ1n) is 11.4. The van der Waals surface area contributed by atoms with Crippen molar-refractivity contribution >= 4 is 33.8 Å². The number of nitrogens with zero attached hydrogens (tertiary/aromatic N) is 2. The Kier molecular flexibility index (Phi) is 9.02. The van der Waals surface area contributed by atoms with Gasteiger partial charge in [0.15, 0.2) is 6.61 Å². The SMILES string of the molecule is COC(=O)COc1ccc(/C=N\NC(=O)CN(c2ccc(C)c(C)c2)S(=O)(=O)c2ccc(C)cc2)cc1. The molecule has 3 rings (SSSR count). The second-order valence-electron chi connectivity index (χ2n) is 8.32. The minimum Gasteiger partial charge on any atom is -0.482 e. The molecule has 0 aliphatic rings. The molecule has 9 nitrogen and oxygen atoms in total. The quantitative estimate of drug-likeness (QED) is 0.247. The van der Waals surface area contributed by atoms with Crippen molar-refractivity contribution in [2.75, 3.05) is 24.6 Å². The minimum atomic E-state index is -4.02. The molecule has 0 radical (unpaired) electrons. The van der Waals surface area contributed by atoms with Gasteiger partial charge in [-0.2, -0.15) is 5.10 Å². The van der Waals surface area contributed by atoms with Gasteiger partial charge in [0.05, 0.1) is 23.9 Å². The molecular formula is C27H29N3O6S. The molecule has 0 atom stereocenters. The van der Waals surface area contributed by atoms with Gasteiger partial charge in [-0.15, -0.1) is 0 Å². The van der Waals surface area contributed by atoms with Crippen molar-refractivity contribution in [1.29, 1.82) is 0 Å². The maximum Gasteiger partial charge on any atom is 0.343 e. The largest absolute Gasteiger partial charge is 0.482 e. The fourth-order valence-electron chi connectivity index (χ4n) is 3.23. The van der Waals surface area contributed by atoms with E-state index in [2.05, 4.69) is 15.3 Å². The van der Waals surface area contributed by atoms with E-state index in [1.54, 1.807) is 48.5 Å². The van der Waals surface area contributed by atoms with Crippen LogP contribution < -0.4 is 14.5 Å². The average Bonchev–Trinajstić information content (AvgIpc) is 2.88. The summed E-state index contributed by atoms with van der Waals surface area (Å²) in [5.41, 5.74) is 6.25. The lowest BCUT2D eigenvalue weighted by Crippen LogP contribution is -2.39. The fraction of sp³-hybridized carbons (Fsp3) is 0.222. The van der Waals surface area contributed by atoms with Gasteiger partial charge < -0.3 is 9.47 Å². The van der Waals surface area contributed by atoms with Gasteiger partial charge in [-0.25, -0.2) is 18.6 Å². The summed E-state index contributed by atoms with van der Waals surface area (Å²) in [6, 6.07) is 18.3. The molecule has 3 aromatic carbocycles. The van der Waals surface area contributed by atoms with Crippen LogP contribution >= 0.6 is 0 Å². The zero-order valence-electron chi connectivity index (χ0n) is 21.1. The molecule has 0 heterocycles. The molecule has 0 saturated carbocycles. The van der Waals surface area contributed by atoms with Crippen LogP contribution in [0, 0.1) is 20.8 Å². The Morgan fingerprint density at radius 2 is 1.62 bits per heavy atom. The van der Waals surface area contributed by atoms with E-state index in [0.29, 0.717) is 17.0 Å². The number of hydrogen-bond donors (Lipinski definition) is 1. The van der Waals surface area contributed by atoms with Crippen LogP contribution in [0.4, 0.5) is 5.69 Å². The number of rotatable bonds is 10. The van der Waals surface area contributed by atoms with Gasteiger partial charge in [-0.05, 0) is 86.0 Å². The number of anilines is 1. The van der Waals surface area contributed by atoms with Crippen molar-refractivity contribution in [3.8, 4) is 5.75 Å². The highest BCUT2D eigenvalue weighted by Crippen LogP contribution is 2.26. The van der Waals surface area contributed by atoms with Gasteiger partial charge in [-0.1, -0.05) is 23.8 Å². The molecular weight excluding hydrogens is 494 g/mol. The standard InChI is InChI=1S/C27H29N3O6S/c1-19-5-13-25(14-6-19)37(33,34)30(23-10-7-20(2)21(3)15-23)17-26(31)29-28-16-22-8-11-24(12-9-22)36-18-27(32)35-4/h5-16H,17-18H2,1-4H3,(H,29,31)/b28-16-. The maximum atomic E-state index is 13.5. The Hall–Kier alpha value is -4.18. The summed E-state index contributed by atoms with van der Waals surface area (Å²) in [7, 11) is -2.74. The third-order valence-electron chi connectivity index (χ3n) is 5.54. The predicted octanol–water partition coefficient (Wildman–Crippen LogP) is 3.51. The Morgan fingerprint density at radius 3 is 2.24 bits per heavy atom. The molecule has 1 amide bonds. The second kappa shape index (κ2) is 12.2. The Morgan fingerprint density at radius 1 is 0.946 bits per heavy atom. The molecule has 0 fully saturated rings. The van der Waals surface area contributed by atoms with Crippen molar-refractivity contribution in [3.05, 3.63) is 89.0 Å². The number of esters is 1. The zero-order valence-corrected chi connectivity index (χ0v) is 21.9. The Bertz CT molecular complexity index is 1380. The van der Waals surface area contributed by atoms with Gasteiger partial charge in [0.1, 0.15) is 12.3 Å². The third kappa shape index (κ3) is 7.40. The molecule has 3 aromatic rings. The molecule has 10 heteroatoms. The van der Waals surface area contributed by atoms with E-state index in [-0.39, 0.29) is 11.5 Å². The maximum absolute atomic E-state index is 13.5. The number of ether oxygens (including phenoxy) is 2. The first-order chi connectivity index (χ1) is 17.6. The van der Waals surface area contributed by atoms with E-state index >= 15 is 0 Å².